The molecule has 0 atom stereocenters. The SMILES string of the molecule is CCOc1ccccc1NC(=O)Cn1cc(OC)c(=O)cc1CSc1ccc(F)cc1. The lowest BCUT2D eigenvalue weighted by Gasteiger charge is -2.16. The smallest absolute Gasteiger partial charge is 0.244 e. The summed E-state index contributed by atoms with van der Waals surface area (Å²) in [4.78, 5) is 25.8. The standard InChI is InChI=1S/C23H23FN2O4S/c1-3-30-21-7-5-4-6-19(21)25-23(28)14-26-13-22(29-2)20(27)12-17(26)15-31-18-10-8-16(24)9-11-18/h4-13H,3,14-15H2,1-2H3,(H,25,28). The second kappa shape index (κ2) is 10.7. The minimum atomic E-state index is -0.310. The van der Waals surface area contributed by atoms with Crippen LogP contribution in [0.15, 0.2) is 70.5 Å². The summed E-state index contributed by atoms with van der Waals surface area (Å²) in [6.07, 6.45) is 1.52. The fraction of sp³-hybridized carbons (Fsp3) is 0.217. The summed E-state index contributed by atoms with van der Waals surface area (Å²) in [6.45, 7) is 2.33. The summed E-state index contributed by atoms with van der Waals surface area (Å²) in [6, 6.07) is 14.7. The monoisotopic (exact) mass is 442 g/mol. The summed E-state index contributed by atoms with van der Waals surface area (Å²) >= 11 is 1.44. The number of nitrogens with zero attached hydrogens (tertiary/aromatic N) is 1. The van der Waals surface area contributed by atoms with Crippen LogP contribution in [0.1, 0.15) is 12.6 Å². The Morgan fingerprint density at radius 1 is 1.13 bits per heavy atom. The van der Waals surface area contributed by atoms with Crippen LogP contribution in [0.4, 0.5) is 10.1 Å². The second-order valence-electron chi connectivity index (χ2n) is 6.55. The van der Waals surface area contributed by atoms with E-state index in [1.54, 1.807) is 28.8 Å². The van der Waals surface area contributed by atoms with Gasteiger partial charge in [0.25, 0.3) is 0 Å². The normalized spacial score (nSPS) is 10.5. The molecule has 0 fully saturated rings. The van der Waals surface area contributed by atoms with Gasteiger partial charge in [0.05, 0.1) is 25.6 Å². The average molecular weight is 443 g/mol. The molecule has 3 aromatic rings. The molecule has 0 spiro atoms. The van der Waals surface area contributed by atoms with Gasteiger partial charge in [0.15, 0.2) is 5.75 Å². The van der Waals surface area contributed by atoms with Crippen LogP contribution in [-0.4, -0.2) is 24.2 Å². The van der Waals surface area contributed by atoms with E-state index < -0.39 is 0 Å². The molecule has 1 amide bonds. The van der Waals surface area contributed by atoms with Gasteiger partial charge in [-0.2, -0.15) is 0 Å². The summed E-state index contributed by atoms with van der Waals surface area (Å²) < 4.78 is 25.5. The van der Waals surface area contributed by atoms with E-state index in [1.165, 1.54) is 43.3 Å². The predicted molar refractivity (Wildman–Crippen MR) is 119 cm³/mol. The second-order valence-corrected chi connectivity index (χ2v) is 7.59. The third-order valence-corrected chi connectivity index (χ3v) is 5.42. The van der Waals surface area contributed by atoms with Gasteiger partial charge < -0.3 is 19.4 Å². The Bertz CT molecular complexity index is 1100. The van der Waals surface area contributed by atoms with Crippen LogP contribution in [0.5, 0.6) is 11.5 Å². The number of hydrogen-bond acceptors (Lipinski definition) is 5. The van der Waals surface area contributed by atoms with Gasteiger partial charge in [-0.05, 0) is 43.3 Å². The highest BCUT2D eigenvalue weighted by Crippen LogP contribution is 2.25. The molecule has 0 unspecified atom stereocenters. The van der Waals surface area contributed by atoms with Gasteiger partial charge in [-0.25, -0.2) is 4.39 Å². The number of carbonyl (C=O) groups is 1. The molecular weight excluding hydrogens is 419 g/mol. The Kier molecular flexibility index (Phi) is 7.72. The Labute approximate surface area is 184 Å². The van der Waals surface area contributed by atoms with E-state index in [-0.39, 0.29) is 29.4 Å². The molecule has 162 valence electrons. The number of anilines is 1. The number of benzene rings is 2. The summed E-state index contributed by atoms with van der Waals surface area (Å²) in [5.74, 6) is 0.579. The van der Waals surface area contributed by atoms with Gasteiger partial charge in [-0.15, -0.1) is 11.8 Å². The summed E-state index contributed by atoms with van der Waals surface area (Å²) in [5, 5.41) is 2.85. The van der Waals surface area contributed by atoms with Crippen molar-refractivity contribution in [1.29, 1.82) is 0 Å². The first-order chi connectivity index (χ1) is 15.0. The van der Waals surface area contributed by atoms with E-state index in [4.69, 9.17) is 9.47 Å². The molecule has 0 aliphatic rings. The highest BCUT2D eigenvalue weighted by molar-refractivity contribution is 7.98. The van der Waals surface area contributed by atoms with Gasteiger partial charge in [0.1, 0.15) is 18.1 Å². The minimum absolute atomic E-state index is 0.0174. The number of halogens is 1. The molecule has 6 nitrogen and oxygen atoms in total. The van der Waals surface area contributed by atoms with Crippen molar-refractivity contribution in [3.8, 4) is 11.5 Å². The van der Waals surface area contributed by atoms with Gasteiger partial charge >= 0.3 is 0 Å². The average Bonchev–Trinajstić information content (AvgIpc) is 2.76. The van der Waals surface area contributed by atoms with E-state index >= 15 is 0 Å². The van der Waals surface area contributed by atoms with Crippen LogP contribution in [-0.2, 0) is 17.1 Å². The lowest BCUT2D eigenvalue weighted by atomic mass is 10.3. The molecule has 31 heavy (non-hydrogen) atoms. The number of aromatic nitrogens is 1. The van der Waals surface area contributed by atoms with Crippen molar-refractivity contribution in [2.45, 2.75) is 24.1 Å². The highest BCUT2D eigenvalue weighted by Gasteiger charge is 2.13. The number of nitrogens with one attached hydrogen (secondary N) is 1. The van der Waals surface area contributed by atoms with E-state index in [1.807, 2.05) is 19.1 Å². The van der Waals surface area contributed by atoms with Crippen LogP contribution in [0.25, 0.3) is 0 Å². The van der Waals surface area contributed by atoms with Crippen LogP contribution < -0.4 is 20.2 Å². The van der Waals surface area contributed by atoms with E-state index in [0.29, 0.717) is 29.5 Å². The number of amides is 1. The van der Waals surface area contributed by atoms with Crippen LogP contribution >= 0.6 is 11.8 Å². The Morgan fingerprint density at radius 3 is 2.58 bits per heavy atom. The molecular formula is C23H23FN2O4S. The molecule has 0 radical (unpaired) electrons. The maximum atomic E-state index is 13.1. The predicted octanol–water partition coefficient (Wildman–Crippen LogP) is 4.33. The molecule has 0 aliphatic heterocycles. The van der Waals surface area contributed by atoms with Crippen LogP contribution in [0, 0.1) is 5.82 Å². The molecule has 2 aromatic carbocycles. The molecule has 3 rings (SSSR count). The Balaban J connectivity index is 1.79. The number of para-hydroxylation sites is 2. The lowest BCUT2D eigenvalue weighted by molar-refractivity contribution is -0.116. The zero-order valence-corrected chi connectivity index (χ0v) is 18.1. The molecule has 1 heterocycles. The summed E-state index contributed by atoms with van der Waals surface area (Å²) in [7, 11) is 1.41. The first-order valence-electron chi connectivity index (χ1n) is 9.67. The molecule has 1 aromatic heterocycles. The largest absolute Gasteiger partial charge is 0.492 e. The Hall–Kier alpha value is -3.26. The first kappa shape index (κ1) is 22.4. The van der Waals surface area contributed by atoms with Gasteiger partial charge in [-0.3, -0.25) is 9.59 Å². The molecule has 0 aliphatic carbocycles. The third-order valence-electron chi connectivity index (χ3n) is 4.38. The molecule has 0 saturated heterocycles. The van der Waals surface area contributed by atoms with Gasteiger partial charge in [-0.1, -0.05) is 12.1 Å². The molecule has 0 saturated carbocycles. The first-order valence-corrected chi connectivity index (χ1v) is 10.7. The van der Waals surface area contributed by atoms with Crippen molar-refractivity contribution in [2.24, 2.45) is 0 Å². The maximum Gasteiger partial charge on any atom is 0.244 e. The fourth-order valence-corrected chi connectivity index (χ4v) is 3.79. The van der Waals surface area contributed by atoms with Crippen molar-refractivity contribution >= 4 is 23.4 Å². The van der Waals surface area contributed by atoms with Crippen molar-refractivity contribution in [3.63, 3.8) is 0 Å². The van der Waals surface area contributed by atoms with E-state index in [9.17, 15) is 14.0 Å². The number of pyridine rings is 1. The number of thioether (sulfide) groups is 1. The van der Waals surface area contributed by atoms with Gasteiger partial charge in [0, 0.05) is 22.4 Å². The van der Waals surface area contributed by atoms with Crippen molar-refractivity contribution in [1.82, 2.24) is 4.57 Å². The minimum Gasteiger partial charge on any atom is -0.492 e. The van der Waals surface area contributed by atoms with E-state index in [2.05, 4.69) is 5.32 Å². The molecule has 8 heteroatoms. The zero-order chi connectivity index (χ0) is 22.2. The van der Waals surface area contributed by atoms with Gasteiger partial charge in [0.2, 0.25) is 11.3 Å². The molecule has 1 N–H and O–H groups in total. The van der Waals surface area contributed by atoms with Crippen LogP contribution in [0.3, 0.4) is 0 Å². The number of carbonyl (C=O) groups excluding carboxylic acids is 1. The molecule has 0 bridgehead atoms. The fourth-order valence-electron chi connectivity index (χ4n) is 2.90. The van der Waals surface area contributed by atoms with Crippen molar-refractivity contribution in [2.75, 3.05) is 19.0 Å². The summed E-state index contributed by atoms with van der Waals surface area (Å²) in [5.41, 5.74) is 0.952. The number of ether oxygens (including phenoxy) is 2. The quantitative estimate of drug-likeness (QED) is 0.500. The Morgan fingerprint density at radius 2 is 1.87 bits per heavy atom. The lowest BCUT2D eigenvalue weighted by Crippen LogP contribution is -2.23. The number of rotatable bonds is 9. The maximum absolute atomic E-state index is 13.1. The van der Waals surface area contributed by atoms with Crippen LogP contribution in [0.2, 0.25) is 0 Å². The van der Waals surface area contributed by atoms with E-state index in [0.717, 1.165) is 4.90 Å². The highest BCUT2D eigenvalue weighted by atomic mass is 32.2. The third kappa shape index (κ3) is 6.11. The number of hydrogen-bond donors (Lipinski definition) is 1. The zero-order valence-electron chi connectivity index (χ0n) is 17.3. The van der Waals surface area contributed by atoms with Crippen molar-refractivity contribution in [3.05, 3.63) is 82.5 Å². The topological polar surface area (TPSA) is 69.6 Å². The number of methoxy groups -OCH3 is 1. The van der Waals surface area contributed by atoms with Crippen molar-refractivity contribution < 1.29 is 18.7 Å².